The summed E-state index contributed by atoms with van der Waals surface area (Å²) >= 11 is 0. The molecular weight excluding hydrogens is 407 g/mol. The summed E-state index contributed by atoms with van der Waals surface area (Å²) in [6, 6.07) is 7.17. The minimum Gasteiger partial charge on any atom is -0.444 e. The van der Waals surface area contributed by atoms with Crippen LogP contribution in [0.15, 0.2) is 24.3 Å². The molecule has 8 heteroatoms. The van der Waals surface area contributed by atoms with E-state index in [1.54, 1.807) is 20.8 Å². The monoisotopic (exact) mass is 444 g/mol. The molecule has 0 saturated carbocycles. The molecule has 1 N–H and O–H groups in total. The Kier molecular flexibility index (Phi) is 6.96. The van der Waals surface area contributed by atoms with Crippen LogP contribution in [0.4, 0.5) is 4.79 Å². The second-order valence-electron chi connectivity index (χ2n) is 10.8. The molecule has 1 atom stereocenters. The molecule has 1 aromatic carbocycles. The van der Waals surface area contributed by atoms with Gasteiger partial charge in [-0.15, -0.1) is 0 Å². The summed E-state index contributed by atoms with van der Waals surface area (Å²) in [5, 5.41) is 2.79. The first-order valence-corrected chi connectivity index (χ1v) is 11.5. The van der Waals surface area contributed by atoms with Crippen LogP contribution in [0.25, 0.3) is 0 Å². The first-order chi connectivity index (χ1) is 14.8. The van der Waals surface area contributed by atoms with E-state index in [1.165, 1.54) is 0 Å². The highest BCUT2D eigenvalue weighted by Gasteiger charge is 2.51. The molecule has 176 valence electrons. The molecule has 0 aromatic heterocycles. The van der Waals surface area contributed by atoms with Crippen LogP contribution in [-0.4, -0.2) is 60.0 Å². The third-order valence-electron chi connectivity index (χ3n) is 6.35. The van der Waals surface area contributed by atoms with Crippen molar-refractivity contribution >= 4 is 24.6 Å². The number of benzene rings is 1. The lowest BCUT2D eigenvalue weighted by atomic mass is 9.78. The summed E-state index contributed by atoms with van der Waals surface area (Å²) < 4.78 is 17.6. The van der Waals surface area contributed by atoms with Crippen molar-refractivity contribution in [2.24, 2.45) is 0 Å². The van der Waals surface area contributed by atoms with E-state index in [2.05, 4.69) is 5.32 Å². The number of carbonyl (C=O) groups excluding carboxylic acids is 2. The second kappa shape index (κ2) is 9.06. The standard InChI is InChI=1S/C24H37BN2O5/c1-22(2,3)30-21(29)26-19(20(28)27-14-8-9-15-27)16-17-10-12-18(13-11-17)25-31-23(4,5)24(6,7)32-25/h10-13,19H,8-9,14-16H2,1-7H3,(H,26,29). The number of nitrogens with one attached hydrogen (secondary N) is 1. The van der Waals surface area contributed by atoms with Gasteiger partial charge in [-0.25, -0.2) is 4.79 Å². The maximum atomic E-state index is 13.1. The van der Waals surface area contributed by atoms with Crippen molar-refractivity contribution in [3.63, 3.8) is 0 Å². The van der Waals surface area contributed by atoms with E-state index in [4.69, 9.17) is 14.0 Å². The molecule has 3 rings (SSSR count). The Hall–Kier alpha value is -2.06. The number of hydrogen-bond acceptors (Lipinski definition) is 5. The zero-order valence-corrected chi connectivity index (χ0v) is 20.5. The summed E-state index contributed by atoms with van der Waals surface area (Å²) in [6.07, 6.45) is 1.79. The molecule has 0 spiro atoms. The molecule has 2 amide bonds. The third kappa shape index (κ3) is 5.84. The first kappa shape index (κ1) is 24.6. The highest BCUT2D eigenvalue weighted by Crippen LogP contribution is 2.36. The van der Waals surface area contributed by atoms with Gasteiger partial charge in [0.25, 0.3) is 0 Å². The van der Waals surface area contributed by atoms with Gasteiger partial charge in [0.2, 0.25) is 5.91 Å². The zero-order valence-electron chi connectivity index (χ0n) is 20.5. The molecule has 0 bridgehead atoms. The van der Waals surface area contributed by atoms with E-state index in [9.17, 15) is 9.59 Å². The SMILES string of the molecule is CC(C)(C)OC(=O)NC(Cc1ccc(B2OC(C)(C)C(C)(C)O2)cc1)C(=O)N1CCCC1. The van der Waals surface area contributed by atoms with Gasteiger partial charge in [0.05, 0.1) is 11.2 Å². The Morgan fingerprint density at radius 3 is 2.09 bits per heavy atom. The first-order valence-electron chi connectivity index (χ1n) is 11.5. The van der Waals surface area contributed by atoms with Crippen molar-refractivity contribution in [1.82, 2.24) is 10.2 Å². The Morgan fingerprint density at radius 2 is 1.59 bits per heavy atom. The maximum absolute atomic E-state index is 13.1. The lowest BCUT2D eigenvalue weighted by Crippen LogP contribution is -2.50. The second-order valence-corrected chi connectivity index (χ2v) is 10.8. The van der Waals surface area contributed by atoms with Crippen molar-refractivity contribution in [3.05, 3.63) is 29.8 Å². The Bertz CT molecular complexity index is 810. The average molecular weight is 444 g/mol. The Balaban J connectivity index is 1.71. The minimum absolute atomic E-state index is 0.0663. The van der Waals surface area contributed by atoms with Crippen molar-refractivity contribution < 1.29 is 23.6 Å². The van der Waals surface area contributed by atoms with Gasteiger partial charge < -0.3 is 24.3 Å². The zero-order chi connectivity index (χ0) is 23.7. The number of carbonyl (C=O) groups is 2. The fraction of sp³-hybridized carbons (Fsp3) is 0.667. The fourth-order valence-electron chi connectivity index (χ4n) is 3.83. The van der Waals surface area contributed by atoms with E-state index in [-0.39, 0.29) is 5.91 Å². The summed E-state index contributed by atoms with van der Waals surface area (Å²) in [6.45, 7) is 15.0. The predicted octanol–water partition coefficient (Wildman–Crippen LogP) is 3.04. The normalized spacial score (nSPS) is 20.8. The predicted molar refractivity (Wildman–Crippen MR) is 125 cm³/mol. The molecule has 7 nitrogen and oxygen atoms in total. The topological polar surface area (TPSA) is 77.1 Å². The summed E-state index contributed by atoms with van der Waals surface area (Å²) in [7, 11) is -0.434. The quantitative estimate of drug-likeness (QED) is 0.707. The van der Waals surface area contributed by atoms with E-state index < -0.39 is 36.1 Å². The van der Waals surface area contributed by atoms with Gasteiger partial charge in [-0.05, 0) is 72.3 Å². The van der Waals surface area contributed by atoms with Gasteiger partial charge >= 0.3 is 13.2 Å². The number of alkyl carbamates (subject to hydrolysis) is 1. The smallest absolute Gasteiger partial charge is 0.444 e. The maximum Gasteiger partial charge on any atom is 0.494 e. The van der Waals surface area contributed by atoms with Crippen LogP contribution < -0.4 is 10.8 Å². The van der Waals surface area contributed by atoms with Gasteiger partial charge in [-0.2, -0.15) is 0 Å². The van der Waals surface area contributed by atoms with Crippen LogP contribution in [0, 0.1) is 0 Å². The van der Waals surface area contributed by atoms with Crippen LogP contribution in [0.3, 0.4) is 0 Å². The van der Waals surface area contributed by atoms with Crippen LogP contribution in [-0.2, 0) is 25.3 Å². The minimum atomic E-state index is -0.675. The molecular formula is C24H37BN2O5. The third-order valence-corrected chi connectivity index (χ3v) is 6.35. The highest BCUT2D eigenvalue weighted by atomic mass is 16.7. The van der Waals surface area contributed by atoms with Crippen LogP contribution in [0.5, 0.6) is 0 Å². The van der Waals surface area contributed by atoms with Crippen molar-refractivity contribution in [3.8, 4) is 0 Å². The van der Waals surface area contributed by atoms with E-state index in [0.717, 1.165) is 37.0 Å². The molecule has 1 aromatic rings. The fourth-order valence-corrected chi connectivity index (χ4v) is 3.83. The summed E-state index contributed by atoms with van der Waals surface area (Å²) in [4.78, 5) is 27.3. The molecule has 2 heterocycles. The molecule has 1 unspecified atom stereocenters. The van der Waals surface area contributed by atoms with Crippen LogP contribution >= 0.6 is 0 Å². The van der Waals surface area contributed by atoms with Gasteiger partial charge in [0.1, 0.15) is 11.6 Å². The van der Waals surface area contributed by atoms with Crippen LogP contribution in [0.2, 0.25) is 0 Å². The number of nitrogens with zero attached hydrogens (tertiary/aromatic N) is 1. The lowest BCUT2D eigenvalue weighted by molar-refractivity contribution is -0.132. The number of ether oxygens (including phenoxy) is 1. The summed E-state index contributed by atoms with van der Waals surface area (Å²) in [5.74, 6) is -0.0663. The van der Waals surface area contributed by atoms with Gasteiger partial charge in [-0.1, -0.05) is 24.3 Å². The highest BCUT2D eigenvalue weighted by molar-refractivity contribution is 6.62. The Labute approximate surface area is 192 Å². The number of amides is 2. The molecule has 0 radical (unpaired) electrons. The molecule has 2 saturated heterocycles. The molecule has 0 aliphatic carbocycles. The van der Waals surface area contributed by atoms with Crippen molar-refractivity contribution in [2.75, 3.05) is 13.1 Å². The Morgan fingerprint density at radius 1 is 1.06 bits per heavy atom. The van der Waals surface area contributed by atoms with E-state index in [0.29, 0.717) is 6.42 Å². The number of hydrogen-bond donors (Lipinski definition) is 1. The van der Waals surface area contributed by atoms with Gasteiger partial charge in [-0.3, -0.25) is 4.79 Å². The lowest BCUT2D eigenvalue weighted by Gasteiger charge is -2.32. The summed E-state index contributed by atoms with van der Waals surface area (Å²) in [5.41, 5.74) is 0.436. The molecule has 2 aliphatic heterocycles. The van der Waals surface area contributed by atoms with Crippen molar-refractivity contribution in [1.29, 1.82) is 0 Å². The van der Waals surface area contributed by atoms with Crippen LogP contribution in [0.1, 0.15) is 66.9 Å². The molecule has 2 aliphatic rings. The van der Waals surface area contributed by atoms with Gasteiger partial charge in [0.15, 0.2) is 0 Å². The van der Waals surface area contributed by atoms with E-state index in [1.807, 2.05) is 56.9 Å². The van der Waals surface area contributed by atoms with Gasteiger partial charge in [0, 0.05) is 19.5 Å². The molecule has 2 fully saturated rings. The van der Waals surface area contributed by atoms with E-state index >= 15 is 0 Å². The van der Waals surface area contributed by atoms with Crippen molar-refractivity contribution in [2.45, 2.75) is 90.6 Å². The average Bonchev–Trinajstić information content (AvgIpc) is 3.26. The molecule has 32 heavy (non-hydrogen) atoms. The number of likely N-dealkylation sites (tertiary alicyclic amines) is 1. The number of rotatable bonds is 5. The largest absolute Gasteiger partial charge is 0.494 e.